The molecule has 1 nitrogen and oxygen atoms in total. The Morgan fingerprint density at radius 1 is 1.50 bits per heavy atom. The Kier molecular flexibility index (Phi) is 2.85. The number of aliphatic imine (C=N–C) groups is 1. The van der Waals surface area contributed by atoms with Crippen LogP contribution >= 0.6 is 0 Å². The minimum atomic E-state index is 0.822. The molecule has 0 saturated heterocycles. The molecule has 0 aliphatic carbocycles. The van der Waals surface area contributed by atoms with Crippen molar-refractivity contribution in [2.75, 3.05) is 0 Å². The number of hydrogen-bond acceptors (Lipinski definition) is 1. The van der Waals surface area contributed by atoms with Crippen molar-refractivity contribution in [2.24, 2.45) is 4.99 Å². The molecule has 0 N–H and O–H groups in total. The largest absolute Gasteiger partial charge is 0.259 e. The SMILES string of the molecule is C=CC(C)=NC(=C)C. The fraction of sp³-hybridized carbons (Fsp3) is 0.286. The van der Waals surface area contributed by atoms with E-state index in [1.807, 2.05) is 13.8 Å². The number of allylic oxidation sites excluding steroid dienone is 2. The van der Waals surface area contributed by atoms with E-state index < -0.39 is 0 Å². The summed E-state index contributed by atoms with van der Waals surface area (Å²) in [5.74, 6) is 0. The van der Waals surface area contributed by atoms with Crippen molar-refractivity contribution >= 4 is 5.71 Å². The van der Waals surface area contributed by atoms with Crippen molar-refractivity contribution in [3.8, 4) is 0 Å². The van der Waals surface area contributed by atoms with Crippen molar-refractivity contribution in [1.29, 1.82) is 0 Å². The van der Waals surface area contributed by atoms with Gasteiger partial charge in [-0.1, -0.05) is 13.2 Å². The highest BCUT2D eigenvalue weighted by Gasteiger charge is 1.78. The molecule has 1 heteroatoms. The second-order valence-electron chi connectivity index (χ2n) is 1.69. The minimum Gasteiger partial charge on any atom is -0.259 e. The normalized spacial score (nSPS) is 11.0. The number of hydrogen-bond donors (Lipinski definition) is 0. The summed E-state index contributed by atoms with van der Waals surface area (Å²) in [6, 6.07) is 0. The Morgan fingerprint density at radius 2 is 2.00 bits per heavy atom. The van der Waals surface area contributed by atoms with Gasteiger partial charge in [-0.25, -0.2) is 0 Å². The van der Waals surface area contributed by atoms with Crippen LogP contribution in [0.5, 0.6) is 0 Å². The average molecular weight is 109 g/mol. The van der Waals surface area contributed by atoms with Gasteiger partial charge in [0.05, 0.1) is 0 Å². The van der Waals surface area contributed by atoms with E-state index in [0.29, 0.717) is 0 Å². The molecule has 0 radical (unpaired) electrons. The third kappa shape index (κ3) is 3.34. The van der Waals surface area contributed by atoms with Crippen molar-refractivity contribution in [3.63, 3.8) is 0 Å². The lowest BCUT2D eigenvalue weighted by molar-refractivity contribution is 1.32. The number of rotatable bonds is 2. The van der Waals surface area contributed by atoms with Gasteiger partial charge >= 0.3 is 0 Å². The van der Waals surface area contributed by atoms with Crippen LogP contribution in [0.4, 0.5) is 0 Å². The first-order valence-corrected chi connectivity index (χ1v) is 2.50. The van der Waals surface area contributed by atoms with E-state index in [9.17, 15) is 0 Å². The minimum absolute atomic E-state index is 0.822. The van der Waals surface area contributed by atoms with Crippen LogP contribution in [-0.4, -0.2) is 5.71 Å². The van der Waals surface area contributed by atoms with Gasteiger partial charge in [-0.05, 0) is 19.9 Å². The fourth-order valence-electron chi connectivity index (χ4n) is 0.347. The van der Waals surface area contributed by atoms with Crippen LogP contribution in [0, 0.1) is 0 Å². The molecule has 0 aromatic rings. The highest BCUT2D eigenvalue weighted by Crippen LogP contribution is 1.89. The fourth-order valence-corrected chi connectivity index (χ4v) is 0.347. The van der Waals surface area contributed by atoms with Crippen molar-refractivity contribution < 1.29 is 0 Å². The topological polar surface area (TPSA) is 12.4 Å². The molecular weight excluding hydrogens is 98.1 g/mol. The quantitative estimate of drug-likeness (QED) is 0.482. The van der Waals surface area contributed by atoms with E-state index in [1.165, 1.54) is 0 Å². The van der Waals surface area contributed by atoms with E-state index in [-0.39, 0.29) is 0 Å². The summed E-state index contributed by atoms with van der Waals surface area (Å²) in [5, 5.41) is 0. The lowest BCUT2D eigenvalue weighted by atomic mass is 10.4. The molecule has 0 amide bonds. The molecular formula is C7H11N. The molecule has 0 heterocycles. The Bertz CT molecular complexity index is 131. The molecule has 0 rings (SSSR count). The summed E-state index contributed by atoms with van der Waals surface area (Å²) in [7, 11) is 0. The van der Waals surface area contributed by atoms with Gasteiger partial charge in [0.25, 0.3) is 0 Å². The average Bonchev–Trinajstić information content (AvgIpc) is 1.65. The standard InChI is InChI=1S/C7H11N/c1-5-7(4)8-6(2)3/h5H,1-2H2,3-4H3. The lowest BCUT2D eigenvalue weighted by Crippen LogP contribution is -1.81. The Balaban J connectivity index is 3.94. The van der Waals surface area contributed by atoms with Gasteiger partial charge in [-0.3, -0.25) is 4.99 Å². The molecule has 0 aliphatic heterocycles. The predicted molar refractivity (Wildman–Crippen MR) is 38.1 cm³/mol. The van der Waals surface area contributed by atoms with Crippen molar-refractivity contribution in [3.05, 3.63) is 24.9 Å². The van der Waals surface area contributed by atoms with Crippen LogP contribution in [0.1, 0.15) is 13.8 Å². The van der Waals surface area contributed by atoms with Crippen LogP contribution in [0.3, 0.4) is 0 Å². The zero-order chi connectivity index (χ0) is 6.57. The van der Waals surface area contributed by atoms with Gasteiger partial charge < -0.3 is 0 Å². The first-order valence-electron chi connectivity index (χ1n) is 2.50. The summed E-state index contributed by atoms with van der Waals surface area (Å²) in [6.07, 6.45) is 1.70. The van der Waals surface area contributed by atoms with Crippen LogP contribution < -0.4 is 0 Å². The Morgan fingerprint density at radius 3 is 2.12 bits per heavy atom. The summed E-state index contributed by atoms with van der Waals surface area (Å²) in [6.45, 7) is 10.9. The maximum Gasteiger partial charge on any atom is 0.0369 e. The van der Waals surface area contributed by atoms with E-state index in [4.69, 9.17) is 0 Å². The third-order valence-corrected chi connectivity index (χ3v) is 0.663. The van der Waals surface area contributed by atoms with Crippen LogP contribution in [0.2, 0.25) is 0 Å². The second kappa shape index (κ2) is 3.19. The molecule has 0 spiro atoms. The molecule has 8 heavy (non-hydrogen) atoms. The second-order valence-corrected chi connectivity index (χ2v) is 1.69. The molecule has 0 aromatic carbocycles. The predicted octanol–water partition coefficient (Wildman–Crippen LogP) is 2.17. The van der Waals surface area contributed by atoms with E-state index in [1.54, 1.807) is 6.08 Å². The van der Waals surface area contributed by atoms with Gasteiger partial charge in [0.2, 0.25) is 0 Å². The molecule has 0 unspecified atom stereocenters. The molecule has 0 fully saturated rings. The molecule has 0 aromatic heterocycles. The first kappa shape index (κ1) is 7.15. The number of nitrogens with zero attached hydrogens (tertiary/aromatic N) is 1. The lowest BCUT2D eigenvalue weighted by Gasteiger charge is -1.87. The first-order chi connectivity index (χ1) is 3.66. The highest BCUT2D eigenvalue weighted by atomic mass is 14.7. The zero-order valence-electron chi connectivity index (χ0n) is 5.44. The monoisotopic (exact) mass is 109 g/mol. The summed E-state index contributed by atoms with van der Waals surface area (Å²) >= 11 is 0. The highest BCUT2D eigenvalue weighted by molar-refractivity contribution is 5.92. The Labute approximate surface area is 50.4 Å². The summed E-state index contributed by atoms with van der Waals surface area (Å²) in [5.41, 5.74) is 1.74. The van der Waals surface area contributed by atoms with Crippen molar-refractivity contribution in [2.45, 2.75) is 13.8 Å². The zero-order valence-corrected chi connectivity index (χ0v) is 5.44. The van der Waals surface area contributed by atoms with Gasteiger partial charge in [0.15, 0.2) is 0 Å². The van der Waals surface area contributed by atoms with Crippen LogP contribution in [0.15, 0.2) is 29.9 Å². The maximum absolute atomic E-state index is 4.00. The van der Waals surface area contributed by atoms with Crippen LogP contribution in [0.25, 0.3) is 0 Å². The summed E-state index contributed by atoms with van der Waals surface area (Å²) < 4.78 is 0. The molecule has 0 bridgehead atoms. The molecule has 0 aliphatic rings. The van der Waals surface area contributed by atoms with Crippen molar-refractivity contribution in [1.82, 2.24) is 0 Å². The van der Waals surface area contributed by atoms with E-state index in [2.05, 4.69) is 18.2 Å². The molecule has 0 saturated carbocycles. The van der Waals surface area contributed by atoms with E-state index in [0.717, 1.165) is 11.4 Å². The molecule has 0 atom stereocenters. The molecule has 44 valence electrons. The van der Waals surface area contributed by atoms with Gasteiger partial charge in [-0.2, -0.15) is 0 Å². The van der Waals surface area contributed by atoms with Gasteiger partial charge in [0, 0.05) is 11.4 Å². The smallest absolute Gasteiger partial charge is 0.0369 e. The maximum atomic E-state index is 4.00. The summed E-state index contributed by atoms with van der Waals surface area (Å²) in [4.78, 5) is 4.00. The van der Waals surface area contributed by atoms with Gasteiger partial charge in [-0.15, -0.1) is 0 Å². The Hall–Kier alpha value is -0.850. The van der Waals surface area contributed by atoms with Crippen LogP contribution in [-0.2, 0) is 0 Å². The van der Waals surface area contributed by atoms with E-state index >= 15 is 0 Å². The van der Waals surface area contributed by atoms with Gasteiger partial charge in [0.1, 0.15) is 0 Å². The third-order valence-electron chi connectivity index (χ3n) is 0.663.